The van der Waals surface area contributed by atoms with E-state index in [1.807, 2.05) is 58.9 Å². The molecule has 306 valence electrons. The first kappa shape index (κ1) is 45.3. The van der Waals surface area contributed by atoms with Gasteiger partial charge in [-0.2, -0.15) is 4.31 Å². The Kier molecular flexibility index (Phi) is 16.6. The molecule has 2 amide bonds. The number of hydrogen-bond acceptors (Lipinski definition) is 12. The van der Waals surface area contributed by atoms with E-state index in [1.54, 1.807) is 19.3 Å². The van der Waals surface area contributed by atoms with E-state index < -0.39 is 32.5 Å². The van der Waals surface area contributed by atoms with Gasteiger partial charge in [-0.3, -0.25) is 14.8 Å². The highest BCUT2D eigenvalue weighted by Crippen LogP contribution is 2.39. The molecule has 16 heteroatoms. The van der Waals surface area contributed by atoms with Crippen molar-refractivity contribution < 1.29 is 38.4 Å². The van der Waals surface area contributed by atoms with E-state index in [2.05, 4.69) is 26.3 Å². The number of aryl methyl sites for hydroxylation is 1. The summed E-state index contributed by atoms with van der Waals surface area (Å²) in [6, 6.07) is 13.3. The maximum absolute atomic E-state index is 14.3. The van der Waals surface area contributed by atoms with Crippen LogP contribution in [-0.2, 0) is 19.6 Å². The molecule has 0 radical (unpaired) electrons. The summed E-state index contributed by atoms with van der Waals surface area (Å²) in [5, 5.41) is 44.7. The molecule has 2 aromatic carbocycles. The summed E-state index contributed by atoms with van der Waals surface area (Å²) < 4.78 is 35.5. The number of hydrogen-bond donors (Lipinski definition) is 7. The third-order valence-electron chi connectivity index (χ3n) is 10.9. The van der Waals surface area contributed by atoms with Crippen molar-refractivity contribution in [3.8, 4) is 11.5 Å². The number of ether oxygens (including phenoxy) is 1. The predicted octanol–water partition coefficient (Wildman–Crippen LogP) is 5.33. The van der Waals surface area contributed by atoms with Gasteiger partial charge in [-0.05, 0) is 136 Å². The van der Waals surface area contributed by atoms with Crippen LogP contribution in [0.1, 0.15) is 98.5 Å². The molecule has 1 aliphatic rings. The second-order valence-corrected chi connectivity index (χ2v) is 17.3. The zero-order valence-electron chi connectivity index (χ0n) is 33.3. The summed E-state index contributed by atoms with van der Waals surface area (Å²) in [7, 11) is -4.32. The summed E-state index contributed by atoms with van der Waals surface area (Å²) >= 11 is 0. The Bertz CT molecular complexity index is 1690. The van der Waals surface area contributed by atoms with Crippen molar-refractivity contribution >= 4 is 33.3 Å². The normalized spacial score (nSPS) is 15.9. The number of rotatable bonds is 22. The molecule has 0 atom stereocenters. The smallest absolute Gasteiger partial charge is 0.264 e. The fourth-order valence-electron chi connectivity index (χ4n) is 6.59. The van der Waals surface area contributed by atoms with Gasteiger partial charge in [-0.15, -0.1) is 0 Å². The van der Waals surface area contributed by atoms with Gasteiger partial charge >= 0.3 is 0 Å². The van der Waals surface area contributed by atoms with Crippen LogP contribution < -0.4 is 26.2 Å². The molecule has 0 spiro atoms. The number of carbonyl (C=O) groups excluding carboxylic acids is 2. The first-order valence-electron chi connectivity index (χ1n) is 18.9. The Hall–Kier alpha value is -4.09. The third-order valence-corrected chi connectivity index (χ3v) is 12.8. The van der Waals surface area contributed by atoms with Gasteiger partial charge < -0.3 is 31.1 Å². The van der Waals surface area contributed by atoms with E-state index in [-0.39, 0.29) is 42.5 Å². The molecule has 0 unspecified atom stereocenters. The van der Waals surface area contributed by atoms with Gasteiger partial charge in [-0.25, -0.2) is 13.9 Å². The van der Waals surface area contributed by atoms with E-state index in [4.69, 9.17) is 4.74 Å². The summed E-state index contributed by atoms with van der Waals surface area (Å²) in [5.41, 5.74) is 1.26. The quantitative estimate of drug-likeness (QED) is 0.0353. The Morgan fingerprint density at radius 3 is 1.78 bits per heavy atom. The summed E-state index contributed by atoms with van der Waals surface area (Å²) in [5.74, 6) is -0.0170. The minimum atomic E-state index is -4.32. The second-order valence-electron chi connectivity index (χ2n) is 15.4. The highest BCUT2D eigenvalue weighted by atomic mass is 32.2. The van der Waals surface area contributed by atoms with Crippen molar-refractivity contribution in [2.75, 3.05) is 26.2 Å². The molecule has 0 aromatic heterocycles. The topological polar surface area (TPSA) is 214 Å². The van der Waals surface area contributed by atoms with Gasteiger partial charge in [0.2, 0.25) is 15.9 Å². The van der Waals surface area contributed by atoms with Crippen LogP contribution in [0.2, 0.25) is 0 Å². The highest BCUT2D eigenvalue weighted by molar-refractivity contribution is 7.89. The zero-order valence-corrected chi connectivity index (χ0v) is 34.1. The lowest BCUT2D eigenvalue weighted by Crippen LogP contribution is -2.59. The maximum atomic E-state index is 14.3. The number of amides is 2. The van der Waals surface area contributed by atoms with E-state index in [0.717, 1.165) is 22.7 Å². The number of oxime groups is 2. The Balaban J connectivity index is 1.72. The summed E-state index contributed by atoms with van der Waals surface area (Å²) in [4.78, 5) is 26.4. The van der Waals surface area contributed by atoms with Crippen LogP contribution >= 0.6 is 0 Å². The fraction of sp³-hybridized carbons (Fsp3) is 0.590. The monoisotopic (exact) mass is 787 g/mol. The highest BCUT2D eigenvalue weighted by Gasteiger charge is 2.51. The van der Waals surface area contributed by atoms with E-state index >= 15 is 0 Å². The number of carbonyl (C=O) groups is 2. The molecule has 55 heavy (non-hydrogen) atoms. The van der Waals surface area contributed by atoms with Gasteiger partial charge in [-0.1, -0.05) is 40.8 Å². The lowest BCUT2D eigenvalue weighted by molar-refractivity contribution is -0.139. The number of hydroxylamine groups is 1. The molecular formula is C39H61N7O8S. The van der Waals surface area contributed by atoms with Crippen LogP contribution in [0, 0.1) is 12.8 Å². The van der Waals surface area contributed by atoms with Gasteiger partial charge in [0.15, 0.2) is 0 Å². The molecule has 2 aromatic rings. The molecule has 3 rings (SSSR count). The SMILES string of the molecule is C/C(=N\O)C(C)(C)NCCC(CCNC(=O)CCN(C1(C(=O)NO)CCCC1)S(=O)(=O)c1ccc(Oc2ccc(C)cc2)cc1)CCNC(C)(C)/C(C)=N/O. The summed E-state index contributed by atoms with van der Waals surface area (Å²) in [6.07, 6.45) is 3.48. The molecule has 15 nitrogen and oxygen atoms in total. The Morgan fingerprint density at radius 2 is 1.31 bits per heavy atom. The van der Waals surface area contributed by atoms with Crippen LogP contribution in [-0.4, -0.2) is 94.4 Å². The minimum absolute atomic E-state index is 0.0708. The Morgan fingerprint density at radius 1 is 0.836 bits per heavy atom. The van der Waals surface area contributed by atoms with E-state index in [0.29, 0.717) is 61.8 Å². The van der Waals surface area contributed by atoms with Crippen LogP contribution in [0.5, 0.6) is 11.5 Å². The van der Waals surface area contributed by atoms with Crippen LogP contribution in [0.25, 0.3) is 0 Å². The van der Waals surface area contributed by atoms with Crippen molar-refractivity contribution in [1.29, 1.82) is 0 Å². The number of nitrogens with one attached hydrogen (secondary N) is 4. The summed E-state index contributed by atoms with van der Waals surface area (Å²) in [6.45, 7) is 14.5. The number of benzene rings is 2. The molecule has 0 saturated heterocycles. The van der Waals surface area contributed by atoms with Gasteiger partial charge in [0.05, 0.1) is 27.4 Å². The van der Waals surface area contributed by atoms with Crippen LogP contribution in [0.4, 0.5) is 0 Å². The largest absolute Gasteiger partial charge is 0.457 e. The average molecular weight is 788 g/mol. The number of nitrogens with zero attached hydrogens (tertiary/aromatic N) is 3. The van der Waals surface area contributed by atoms with E-state index in [1.165, 1.54) is 24.3 Å². The fourth-order valence-corrected chi connectivity index (χ4v) is 8.38. The molecular weight excluding hydrogens is 727 g/mol. The molecule has 0 bridgehead atoms. The second kappa shape index (κ2) is 20.2. The third kappa shape index (κ3) is 12.5. The number of sulfonamides is 1. The van der Waals surface area contributed by atoms with Crippen LogP contribution in [0.3, 0.4) is 0 Å². The standard InChI is InChI=1S/C39H61N7O8S/c1-28-10-12-32(13-11-28)54-33-14-16-34(17-15-33)55(52,53)46(39(36(48)45-51)22-8-9-23-39)27-21-35(47)40-24-18-31(19-25-41-37(4,5)29(2)43-49)20-26-42-38(6,7)30(3)44-50/h10-17,31,41-42,49-51H,8-9,18-27H2,1-7H3,(H,40,47)(H,45,48)/b43-29+,44-30+. The van der Waals surface area contributed by atoms with Crippen molar-refractivity contribution in [2.45, 2.75) is 121 Å². The molecule has 0 heterocycles. The average Bonchev–Trinajstić information content (AvgIpc) is 3.65. The lowest BCUT2D eigenvalue weighted by atomic mass is 9.94. The van der Waals surface area contributed by atoms with Gasteiger partial charge in [0.25, 0.3) is 5.91 Å². The van der Waals surface area contributed by atoms with Crippen molar-refractivity contribution in [1.82, 2.24) is 25.7 Å². The maximum Gasteiger partial charge on any atom is 0.264 e. The van der Waals surface area contributed by atoms with E-state index in [9.17, 15) is 33.6 Å². The van der Waals surface area contributed by atoms with Crippen molar-refractivity contribution in [3.63, 3.8) is 0 Å². The minimum Gasteiger partial charge on any atom is -0.457 e. The molecule has 1 aliphatic carbocycles. The van der Waals surface area contributed by atoms with Gasteiger partial charge in [0, 0.05) is 19.5 Å². The lowest BCUT2D eigenvalue weighted by Gasteiger charge is -2.38. The Labute approximate surface area is 326 Å². The molecule has 0 aliphatic heterocycles. The van der Waals surface area contributed by atoms with Crippen molar-refractivity contribution in [3.05, 3.63) is 54.1 Å². The van der Waals surface area contributed by atoms with Crippen molar-refractivity contribution in [2.24, 2.45) is 16.2 Å². The molecule has 1 fully saturated rings. The van der Waals surface area contributed by atoms with Gasteiger partial charge in [0.1, 0.15) is 17.0 Å². The zero-order chi connectivity index (χ0) is 40.9. The predicted molar refractivity (Wildman–Crippen MR) is 212 cm³/mol. The first-order valence-corrected chi connectivity index (χ1v) is 20.3. The van der Waals surface area contributed by atoms with Crippen LogP contribution in [0.15, 0.2) is 63.7 Å². The first-order chi connectivity index (χ1) is 25.9. The molecule has 7 N–H and O–H groups in total. The molecule has 1 saturated carbocycles.